The number of halogens is 1. The maximum atomic E-state index is 12.0. The Bertz CT molecular complexity index is 453. The molecule has 1 aliphatic carbocycles. The van der Waals surface area contributed by atoms with Crippen molar-refractivity contribution in [1.82, 2.24) is 15.1 Å². The minimum Gasteiger partial charge on any atom is -0.351 e. The highest BCUT2D eigenvalue weighted by atomic mass is 35.5. The van der Waals surface area contributed by atoms with Gasteiger partial charge in [-0.15, -0.1) is 12.4 Å². The van der Waals surface area contributed by atoms with Gasteiger partial charge in [-0.3, -0.25) is 14.5 Å². The van der Waals surface area contributed by atoms with Crippen LogP contribution < -0.4 is 5.32 Å². The van der Waals surface area contributed by atoms with Gasteiger partial charge in [0.15, 0.2) is 0 Å². The molecular formula is C17H30ClN3O2S. The largest absolute Gasteiger partial charge is 0.351 e. The highest BCUT2D eigenvalue weighted by Gasteiger charge is 2.44. The van der Waals surface area contributed by atoms with Crippen molar-refractivity contribution in [3.8, 4) is 0 Å². The van der Waals surface area contributed by atoms with Gasteiger partial charge in [-0.25, -0.2) is 0 Å². The van der Waals surface area contributed by atoms with Gasteiger partial charge in [0.1, 0.15) is 0 Å². The van der Waals surface area contributed by atoms with E-state index in [4.69, 9.17) is 0 Å². The molecule has 2 atom stereocenters. The molecule has 2 saturated heterocycles. The van der Waals surface area contributed by atoms with E-state index in [1.165, 1.54) is 12.8 Å². The fourth-order valence-electron chi connectivity index (χ4n) is 4.24. The van der Waals surface area contributed by atoms with Crippen LogP contribution in [0.2, 0.25) is 0 Å². The third-order valence-corrected chi connectivity index (χ3v) is 6.22. The van der Waals surface area contributed by atoms with Gasteiger partial charge in [0.25, 0.3) is 0 Å². The maximum Gasteiger partial charge on any atom is 0.230 e. The highest BCUT2D eigenvalue weighted by molar-refractivity contribution is 7.99. The number of rotatable bonds is 5. The molecule has 0 radical (unpaired) electrons. The Hall–Kier alpha value is -0.460. The first kappa shape index (κ1) is 19.9. The van der Waals surface area contributed by atoms with Crippen molar-refractivity contribution < 1.29 is 9.59 Å². The van der Waals surface area contributed by atoms with Crippen molar-refractivity contribution in [2.24, 2.45) is 11.8 Å². The summed E-state index contributed by atoms with van der Waals surface area (Å²) in [6, 6.07) is 0.905. The lowest BCUT2D eigenvalue weighted by Gasteiger charge is -2.36. The zero-order chi connectivity index (χ0) is 16.4. The van der Waals surface area contributed by atoms with Crippen molar-refractivity contribution in [3.05, 3.63) is 0 Å². The molecule has 7 heteroatoms. The summed E-state index contributed by atoms with van der Waals surface area (Å²) in [4.78, 5) is 28.0. The molecule has 0 unspecified atom stereocenters. The minimum absolute atomic E-state index is 0. The summed E-state index contributed by atoms with van der Waals surface area (Å²) in [6.45, 7) is 5.55. The van der Waals surface area contributed by atoms with Crippen LogP contribution in [0.5, 0.6) is 0 Å². The molecule has 0 aromatic rings. The van der Waals surface area contributed by atoms with Crippen LogP contribution in [-0.4, -0.2) is 71.9 Å². The predicted molar refractivity (Wildman–Crippen MR) is 101 cm³/mol. The number of thioether (sulfide) groups is 1. The standard InChI is InChI=1S/C17H29N3O2S.ClH/c1-12(21)19-7-5-14(6-8-19)20-9-15(13-3-4-13)16(10-20)18-17(22)11-23-2;/h13-16H,3-11H2,1-2H3,(H,18,22);1H/t15-,16+;/m1./s1. The smallest absolute Gasteiger partial charge is 0.230 e. The minimum atomic E-state index is 0. The van der Waals surface area contributed by atoms with Crippen molar-refractivity contribution in [2.45, 2.75) is 44.7 Å². The van der Waals surface area contributed by atoms with Crippen molar-refractivity contribution in [2.75, 3.05) is 38.2 Å². The Kier molecular flexibility index (Phi) is 7.25. The lowest BCUT2D eigenvalue weighted by Crippen LogP contribution is -2.46. The van der Waals surface area contributed by atoms with Crippen LogP contribution in [0.3, 0.4) is 0 Å². The van der Waals surface area contributed by atoms with Crippen LogP contribution in [0.4, 0.5) is 0 Å². The Balaban J connectivity index is 0.00000208. The molecule has 0 bridgehead atoms. The van der Waals surface area contributed by atoms with Crippen LogP contribution in [-0.2, 0) is 9.59 Å². The number of carbonyl (C=O) groups excluding carboxylic acids is 2. The van der Waals surface area contributed by atoms with Gasteiger partial charge in [0.05, 0.1) is 5.75 Å². The fraction of sp³-hybridized carbons (Fsp3) is 0.882. The molecule has 3 aliphatic rings. The van der Waals surface area contributed by atoms with E-state index in [9.17, 15) is 9.59 Å². The van der Waals surface area contributed by atoms with E-state index in [1.54, 1.807) is 18.7 Å². The van der Waals surface area contributed by atoms with E-state index in [0.717, 1.165) is 44.9 Å². The molecule has 24 heavy (non-hydrogen) atoms. The summed E-state index contributed by atoms with van der Waals surface area (Å²) in [5.41, 5.74) is 0. The molecular weight excluding hydrogens is 346 g/mol. The van der Waals surface area contributed by atoms with Gasteiger partial charge < -0.3 is 10.2 Å². The molecule has 2 heterocycles. The Morgan fingerprint density at radius 2 is 1.79 bits per heavy atom. The summed E-state index contributed by atoms with van der Waals surface area (Å²) in [5, 5.41) is 3.28. The number of piperidine rings is 1. The molecule has 3 fully saturated rings. The van der Waals surface area contributed by atoms with Crippen molar-refractivity contribution in [3.63, 3.8) is 0 Å². The van der Waals surface area contributed by atoms with E-state index in [-0.39, 0.29) is 24.2 Å². The molecule has 1 saturated carbocycles. The summed E-state index contributed by atoms with van der Waals surface area (Å²) < 4.78 is 0. The number of nitrogens with one attached hydrogen (secondary N) is 1. The highest BCUT2D eigenvalue weighted by Crippen LogP contribution is 2.42. The molecule has 5 nitrogen and oxygen atoms in total. The van der Waals surface area contributed by atoms with Crippen LogP contribution in [0.25, 0.3) is 0 Å². The molecule has 0 aromatic carbocycles. The van der Waals surface area contributed by atoms with Crippen LogP contribution in [0, 0.1) is 11.8 Å². The monoisotopic (exact) mass is 375 g/mol. The SMILES string of the molecule is CSCC(=O)N[C@H]1CN(C2CCN(C(C)=O)CC2)C[C@@H]1C1CC1.Cl. The summed E-state index contributed by atoms with van der Waals surface area (Å²) in [7, 11) is 0. The zero-order valence-corrected chi connectivity index (χ0v) is 16.3. The average molecular weight is 376 g/mol. The second-order valence-corrected chi connectivity index (χ2v) is 8.17. The van der Waals surface area contributed by atoms with E-state index in [2.05, 4.69) is 10.2 Å². The first-order valence-corrected chi connectivity index (χ1v) is 10.3. The topological polar surface area (TPSA) is 52.7 Å². The van der Waals surface area contributed by atoms with Crippen molar-refractivity contribution in [1.29, 1.82) is 0 Å². The molecule has 1 N–H and O–H groups in total. The van der Waals surface area contributed by atoms with Crippen LogP contribution >= 0.6 is 24.2 Å². The van der Waals surface area contributed by atoms with Gasteiger partial charge in [-0.05, 0) is 43.8 Å². The second-order valence-electron chi connectivity index (χ2n) is 7.30. The maximum absolute atomic E-state index is 12.0. The van der Waals surface area contributed by atoms with E-state index < -0.39 is 0 Å². The lowest BCUT2D eigenvalue weighted by atomic mass is 9.98. The quantitative estimate of drug-likeness (QED) is 0.793. The number of hydrogen-bond acceptors (Lipinski definition) is 4. The van der Waals surface area contributed by atoms with Gasteiger partial charge in [-0.1, -0.05) is 0 Å². The fourth-order valence-corrected chi connectivity index (χ4v) is 4.58. The Labute approximate surface area is 155 Å². The van der Waals surface area contributed by atoms with Gasteiger partial charge in [0.2, 0.25) is 11.8 Å². The molecule has 138 valence electrons. The van der Waals surface area contributed by atoms with Crippen molar-refractivity contribution >= 4 is 36.0 Å². The van der Waals surface area contributed by atoms with E-state index >= 15 is 0 Å². The van der Waals surface area contributed by atoms with Gasteiger partial charge in [0, 0.05) is 45.2 Å². The third-order valence-electron chi connectivity index (χ3n) is 5.67. The number of likely N-dealkylation sites (tertiary alicyclic amines) is 2. The molecule has 2 aliphatic heterocycles. The molecule has 0 spiro atoms. The summed E-state index contributed by atoms with van der Waals surface area (Å²) >= 11 is 1.59. The van der Waals surface area contributed by atoms with Gasteiger partial charge >= 0.3 is 0 Å². The second kappa shape index (κ2) is 8.77. The van der Waals surface area contributed by atoms with Gasteiger partial charge in [-0.2, -0.15) is 11.8 Å². The molecule has 3 rings (SSSR count). The first-order chi connectivity index (χ1) is 11.1. The number of nitrogens with zero attached hydrogens (tertiary/aromatic N) is 2. The lowest BCUT2D eigenvalue weighted by molar-refractivity contribution is -0.130. The van der Waals surface area contributed by atoms with Crippen LogP contribution in [0.1, 0.15) is 32.6 Å². The third kappa shape index (κ3) is 4.79. The zero-order valence-electron chi connectivity index (χ0n) is 14.7. The number of hydrogen-bond donors (Lipinski definition) is 1. The first-order valence-electron chi connectivity index (χ1n) is 8.86. The average Bonchev–Trinajstić information content (AvgIpc) is 3.29. The predicted octanol–water partition coefficient (Wildman–Crippen LogP) is 1.61. The number of carbonyl (C=O) groups is 2. The Morgan fingerprint density at radius 1 is 1.12 bits per heavy atom. The molecule has 2 amide bonds. The normalized spacial score (nSPS) is 28.5. The summed E-state index contributed by atoms with van der Waals surface area (Å²) in [6.07, 6.45) is 6.78. The number of amides is 2. The summed E-state index contributed by atoms with van der Waals surface area (Å²) in [5.74, 6) is 2.39. The van der Waals surface area contributed by atoms with E-state index in [1.807, 2.05) is 11.2 Å². The van der Waals surface area contributed by atoms with E-state index in [0.29, 0.717) is 23.8 Å². The molecule has 0 aromatic heterocycles. The Morgan fingerprint density at radius 3 is 2.33 bits per heavy atom. The van der Waals surface area contributed by atoms with Crippen LogP contribution in [0.15, 0.2) is 0 Å².